The molecule has 3 aromatic rings. The van der Waals surface area contributed by atoms with Crippen molar-refractivity contribution >= 4 is 45.2 Å². The number of anilines is 1. The van der Waals surface area contributed by atoms with Crippen LogP contribution in [0.25, 0.3) is 0 Å². The Balaban J connectivity index is 1.25. The Bertz CT molecular complexity index is 1260. The molecule has 1 aliphatic carbocycles. The predicted octanol–water partition coefficient (Wildman–Crippen LogP) is 7.03. The van der Waals surface area contributed by atoms with Crippen molar-refractivity contribution in [3.63, 3.8) is 0 Å². The SMILES string of the molecule is CN(C(=O)O[C@H]1CCCC[C@@H]1SSc1ccccn1)c1ccc(COC(=O)Oc2ccc([N+](=O)[O-])cc2)cc1. The van der Waals surface area contributed by atoms with Gasteiger partial charge in [-0.15, -0.1) is 0 Å². The first-order valence-corrected chi connectivity index (χ1v) is 14.5. The molecule has 1 fully saturated rings. The summed E-state index contributed by atoms with van der Waals surface area (Å²) in [6.07, 6.45) is 4.16. The lowest BCUT2D eigenvalue weighted by Crippen LogP contribution is -2.37. The second-order valence-electron chi connectivity index (χ2n) is 8.71. The van der Waals surface area contributed by atoms with E-state index >= 15 is 0 Å². The van der Waals surface area contributed by atoms with E-state index in [-0.39, 0.29) is 29.4 Å². The molecule has 0 N–H and O–H groups in total. The number of aromatic nitrogens is 1. The van der Waals surface area contributed by atoms with E-state index in [9.17, 15) is 19.7 Å². The molecule has 0 spiro atoms. The summed E-state index contributed by atoms with van der Waals surface area (Å²) >= 11 is 0. The van der Waals surface area contributed by atoms with E-state index < -0.39 is 17.2 Å². The second-order valence-corrected chi connectivity index (χ2v) is 11.2. The lowest BCUT2D eigenvalue weighted by atomic mass is 9.97. The van der Waals surface area contributed by atoms with Crippen LogP contribution in [0.1, 0.15) is 31.2 Å². The van der Waals surface area contributed by atoms with Crippen molar-refractivity contribution in [1.82, 2.24) is 4.98 Å². The van der Waals surface area contributed by atoms with Crippen LogP contribution >= 0.6 is 21.6 Å². The Morgan fingerprint density at radius 1 is 1.05 bits per heavy atom. The number of carbonyl (C=O) groups excluding carboxylic acids is 2. The highest BCUT2D eigenvalue weighted by Crippen LogP contribution is 2.40. The Hall–Kier alpha value is -3.77. The standard InChI is InChI=1S/C27H27N3O7S2/c1-29(26(31)37-23-6-2-3-7-24(23)38-39-25-8-4-5-17-28-25)20-11-9-19(10-12-20)18-35-27(32)36-22-15-13-21(14-16-22)30(33)34/h4-5,8-17,23-24H,2-3,6-7,18H2,1H3/t23-,24-/m0/s1. The maximum Gasteiger partial charge on any atom is 0.514 e. The summed E-state index contributed by atoms with van der Waals surface area (Å²) in [6.45, 7) is -0.0465. The summed E-state index contributed by atoms with van der Waals surface area (Å²) in [5.74, 6) is 0.134. The molecule has 1 heterocycles. The molecule has 0 bridgehead atoms. The highest BCUT2D eigenvalue weighted by molar-refractivity contribution is 8.76. The number of rotatable bonds is 9. The first-order valence-electron chi connectivity index (χ1n) is 12.3. The van der Waals surface area contributed by atoms with Crippen molar-refractivity contribution in [3.05, 3.63) is 88.6 Å². The van der Waals surface area contributed by atoms with Gasteiger partial charge in [-0.3, -0.25) is 15.0 Å². The first-order chi connectivity index (χ1) is 18.9. The summed E-state index contributed by atoms with van der Waals surface area (Å²) in [5.41, 5.74) is 1.22. The minimum atomic E-state index is -0.935. The van der Waals surface area contributed by atoms with Gasteiger partial charge in [0.2, 0.25) is 0 Å². The number of hydrogen-bond donors (Lipinski definition) is 0. The summed E-state index contributed by atoms with van der Waals surface area (Å²) in [4.78, 5) is 40.8. The van der Waals surface area contributed by atoms with Gasteiger partial charge in [-0.1, -0.05) is 35.4 Å². The van der Waals surface area contributed by atoms with Crippen LogP contribution in [0.2, 0.25) is 0 Å². The summed E-state index contributed by atoms with van der Waals surface area (Å²) < 4.78 is 16.0. The minimum absolute atomic E-state index is 0.0465. The fourth-order valence-corrected chi connectivity index (χ4v) is 6.51. The number of non-ortho nitro benzene ring substituents is 1. The molecular formula is C27H27N3O7S2. The smallest absolute Gasteiger partial charge is 0.445 e. The van der Waals surface area contributed by atoms with E-state index in [4.69, 9.17) is 14.2 Å². The monoisotopic (exact) mass is 569 g/mol. The van der Waals surface area contributed by atoms with Gasteiger partial charge in [-0.25, -0.2) is 14.6 Å². The Kier molecular flexibility index (Phi) is 10.0. The number of nitro groups is 1. The molecule has 1 amide bonds. The summed E-state index contributed by atoms with van der Waals surface area (Å²) in [5, 5.41) is 11.8. The lowest BCUT2D eigenvalue weighted by Gasteiger charge is -2.31. The molecule has 2 atom stereocenters. The third-order valence-electron chi connectivity index (χ3n) is 5.99. The molecule has 1 saturated carbocycles. The quantitative estimate of drug-likeness (QED) is 0.0872. The first kappa shape index (κ1) is 28.2. The van der Waals surface area contributed by atoms with Crippen LogP contribution in [0.5, 0.6) is 5.75 Å². The average Bonchev–Trinajstić information content (AvgIpc) is 2.96. The fraction of sp³-hybridized carbons (Fsp3) is 0.296. The largest absolute Gasteiger partial charge is 0.514 e. The number of ether oxygens (including phenoxy) is 3. The van der Waals surface area contributed by atoms with Crippen LogP contribution in [-0.4, -0.2) is 40.6 Å². The maximum absolute atomic E-state index is 12.9. The molecule has 0 radical (unpaired) electrons. The topological polar surface area (TPSA) is 121 Å². The molecule has 39 heavy (non-hydrogen) atoms. The van der Waals surface area contributed by atoms with Crippen LogP contribution in [-0.2, 0) is 16.1 Å². The Morgan fingerprint density at radius 3 is 2.49 bits per heavy atom. The normalized spacial score (nSPS) is 16.6. The van der Waals surface area contributed by atoms with E-state index in [0.29, 0.717) is 11.3 Å². The lowest BCUT2D eigenvalue weighted by molar-refractivity contribution is -0.384. The van der Waals surface area contributed by atoms with Crippen molar-refractivity contribution in [2.45, 2.75) is 48.7 Å². The number of pyridine rings is 1. The number of amides is 1. The number of nitrogens with zero attached hydrogens (tertiary/aromatic N) is 3. The van der Waals surface area contributed by atoms with Gasteiger partial charge in [0, 0.05) is 31.1 Å². The third-order valence-corrected chi connectivity index (χ3v) is 8.83. The Labute approximate surface area is 233 Å². The van der Waals surface area contributed by atoms with Crippen LogP contribution in [0.4, 0.5) is 21.0 Å². The highest BCUT2D eigenvalue weighted by atomic mass is 33.1. The predicted molar refractivity (Wildman–Crippen MR) is 149 cm³/mol. The van der Waals surface area contributed by atoms with Crippen molar-refractivity contribution in [1.29, 1.82) is 0 Å². The van der Waals surface area contributed by atoms with Gasteiger partial charge in [-0.05, 0) is 72.0 Å². The molecule has 10 nitrogen and oxygen atoms in total. The van der Waals surface area contributed by atoms with Crippen molar-refractivity contribution < 1.29 is 28.7 Å². The van der Waals surface area contributed by atoms with Crippen LogP contribution in [0, 0.1) is 10.1 Å². The molecule has 4 rings (SSSR count). The van der Waals surface area contributed by atoms with Gasteiger partial charge in [0.25, 0.3) is 5.69 Å². The van der Waals surface area contributed by atoms with Gasteiger partial charge in [0.1, 0.15) is 23.5 Å². The van der Waals surface area contributed by atoms with E-state index in [2.05, 4.69) is 4.98 Å². The molecule has 0 saturated heterocycles. The van der Waals surface area contributed by atoms with Crippen molar-refractivity contribution in [2.75, 3.05) is 11.9 Å². The maximum atomic E-state index is 12.9. The molecular weight excluding hydrogens is 542 g/mol. The van der Waals surface area contributed by atoms with Gasteiger partial charge >= 0.3 is 12.2 Å². The van der Waals surface area contributed by atoms with E-state index in [0.717, 1.165) is 30.7 Å². The number of benzene rings is 2. The van der Waals surface area contributed by atoms with E-state index in [1.54, 1.807) is 59.1 Å². The molecule has 204 valence electrons. The van der Waals surface area contributed by atoms with Crippen LogP contribution in [0.15, 0.2) is 78.0 Å². The number of nitro benzene ring substituents is 1. The summed E-state index contributed by atoms with van der Waals surface area (Å²) in [7, 11) is 4.96. The van der Waals surface area contributed by atoms with Crippen molar-refractivity contribution in [2.24, 2.45) is 0 Å². The average molecular weight is 570 g/mol. The highest BCUT2D eigenvalue weighted by Gasteiger charge is 2.30. The zero-order chi connectivity index (χ0) is 27.6. The number of carbonyl (C=O) groups is 2. The van der Waals surface area contributed by atoms with E-state index in [1.165, 1.54) is 29.2 Å². The zero-order valence-electron chi connectivity index (χ0n) is 21.1. The van der Waals surface area contributed by atoms with Crippen LogP contribution < -0.4 is 9.64 Å². The molecule has 2 aromatic carbocycles. The zero-order valence-corrected chi connectivity index (χ0v) is 22.8. The Morgan fingerprint density at radius 2 is 1.79 bits per heavy atom. The van der Waals surface area contributed by atoms with E-state index in [1.807, 2.05) is 18.2 Å². The van der Waals surface area contributed by atoms with Crippen LogP contribution in [0.3, 0.4) is 0 Å². The molecule has 12 heteroatoms. The molecule has 0 unspecified atom stereocenters. The van der Waals surface area contributed by atoms with Crippen molar-refractivity contribution in [3.8, 4) is 5.75 Å². The molecule has 1 aliphatic rings. The minimum Gasteiger partial charge on any atom is -0.445 e. The third kappa shape index (κ3) is 8.36. The molecule has 1 aromatic heterocycles. The number of hydrogen-bond acceptors (Lipinski definition) is 10. The fourth-order valence-electron chi connectivity index (χ4n) is 3.85. The van der Waals surface area contributed by atoms with Gasteiger partial charge in [0.05, 0.1) is 10.2 Å². The van der Waals surface area contributed by atoms with Gasteiger partial charge < -0.3 is 14.2 Å². The summed E-state index contributed by atoms with van der Waals surface area (Å²) in [6, 6.07) is 17.9. The van der Waals surface area contributed by atoms with Gasteiger partial charge in [-0.2, -0.15) is 0 Å². The van der Waals surface area contributed by atoms with Gasteiger partial charge in [0.15, 0.2) is 0 Å². The molecule has 0 aliphatic heterocycles. The second kappa shape index (κ2) is 13.9.